The Kier molecular flexibility index (Phi) is 4.51. The lowest BCUT2D eigenvalue weighted by Gasteiger charge is -2.05. The summed E-state index contributed by atoms with van der Waals surface area (Å²) in [6.07, 6.45) is 1.13. The molecule has 0 aliphatic carbocycles. The summed E-state index contributed by atoms with van der Waals surface area (Å²) in [7, 11) is -1.54. The number of methoxy groups -OCH3 is 1. The summed E-state index contributed by atoms with van der Waals surface area (Å²) >= 11 is 0. The van der Waals surface area contributed by atoms with E-state index in [0.717, 1.165) is 6.26 Å². The zero-order valence-electron chi connectivity index (χ0n) is 9.76. The van der Waals surface area contributed by atoms with Gasteiger partial charge in [0.15, 0.2) is 0 Å². The van der Waals surface area contributed by atoms with Gasteiger partial charge in [-0.15, -0.1) is 0 Å². The molecule has 0 spiro atoms. The van der Waals surface area contributed by atoms with Gasteiger partial charge in [0.25, 0.3) is 5.91 Å². The molecule has 5 nitrogen and oxygen atoms in total. The van der Waals surface area contributed by atoms with Crippen LogP contribution in [0.15, 0.2) is 24.3 Å². The average Bonchev–Trinajstić information content (AvgIpc) is 2.27. The number of nitrogens with one attached hydrogen (secondary N) is 1. The maximum Gasteiger partial charge on any atom is 0.251 e. The molecule has 1 amide bonds. The van der Waals surface area contributed by atoms with Crippen LogP contribution in [0.25, 0.3) is 0 Å². The van der Waals surface area contributed by atoms with Crippen LogP contribution in [-0.2, 0) is 9.84 Å². The number of benzene rings is 1. The first-order valence-electron chi connectivity index (χ1n) is 5.02. The number of hydrogen-bond donors (Lipinski definition) is 1. The Labute approximate surface area is 101 Å². The third kappa shape index (κ3) is 4.86. The van der Waals surface area contributed by atoms with Crippen molar-refractivity contribution in [3.8, 4) is 5.75 Å². The summed E-state index contributed by atoms with van der Waals surface area (Å²) in [5, 5.41) is 2.53. The number of rotatable bonds is 5. The number of amides is 1. The molecule has 0 aliphatic heterocycles. The number of sulfone groups is 1. The van der Waals surface area contributed by atoms with Crippen LogP contribution in [0.4, 0.5) is 0 Å². The zero-order chi connectivity index (χ0) is 12.9. The molecular weight excluding hydrogens is 242 g/mol. The minimum atomic E-state index is -3.05. The molecule has 6 heteroatoms. The molecule has 1 rings (SSSR count). The molecule has 94 valence electrons. The van der Waals surface area contributed by atoms with E-state index in [1.165, 1.54) is 7.11 Å². The lowest BCUT2D eigenvalue weighted by Crippen LogP contribution is -2.28. The predicted molar refractivity (Wildman–Crippen MR) is 65.0 cm³/mol. The van der Waals surface area contributed by atoms with Crippen molar-refractivity contribution >= 4 is 15.7 Å². The van der Waals surface area contributed by atoms with E-state index in [4.69, 9.17) is 4.74 Å². The Bertz CT molecular complexity index is 496. The molecule has 0 unspecified atom stereocenters. The van der Waals surface area contributed by atoms with Crippen molar-refractivity contribution in [1.29, 1.82) is 0 Å². The largest absolute Gasteiger partial charge is 0.497 e. The third-order valence-corrected chi connectivity index (χ3v) is 3.04. The van der Waals surface area contributed by atoms with Crippen molar-refractivity contribution in [3.05, 3.63) is 29.8 Å². The molecule has 0 aliphatic rings. The lowest BCUT2D eigenvalue weighted by atomic mass is 10.2. The van der Waals surface area contributed by atoms with Crippen LogP contribution in [0.2, 0.25) is 0 Å². The molecule has 1 aromatic rings. The van der Waals surface area contributed by atoms with Crippen LogP contribution < -0.4 is 10.1 Å². The van der Waals surface area contributed by atoms with Gasteiger partial charge < -0.3 is 10.1 Å². The maximum atomic E-state index is 11.6. The van der Waals surface area contributed by atoms with E-state index < -0.39 is 9.84 Å². The topological polar surface area (TPSA) is 72.5 Å². The summed E-state index contributed by atoms with van der Waals surface area (Å²) in [6, 6.07) is 6.66. The summed E-state index contributed by atoms with van der Waals surface area (Å²) < 4.78 is 26.7. The van der Waals surface area contributed by atoms with Gasteiger partial charge in [0.2, 0.25) is 0 Å². The fraction of sp³-hybridized carbons (Fsp3) is 0.364. The highest BCUT2D eigenvalue weighted by molar-refractivity contribution is 7.90. The molecule has 0 saturated heterocycles. The Morgan fingerprint density at radius 2 is 2.12 bits per heavy atom. The number of carbonyl (C=O) groups excluding carboxylic acids is 1. The van der Waals surface area contributed by atoms with Gasteiger partial charge in [0.1, 0.15) is 15.6 Å². The Morgan fingerprint density at radius 1 is 1.41 bits per heavy atom. The number of carbonyl (C=O) groups is 1. The minimum Gasteiger partial charge on any atom is -0.497 e. The molecule has 1 N–H and O–H groups in total. The summed E-state index contributed by atoms with van der Waals surface area (Å²) in [5.74, 6) is 0.205. The standard InChI is InChI=1S/C11H15NO4S/c1-16-10-5-3-4-9(8-10)11(13)12-6-7-17(2,14)15/h3-5,8H,6-7H2,1-2H3,(H,12,13). The highest BCUT2D eigenvalue weighted by Gasteiger charge is 2.07. The highest BCUT2D eigenvalue weighted by atomic mass is 32.2. The minimum absolute atomic E-state index is 0.0668. The zero-order valence-corrected chi connectivity index (χ0v) is 10.6. The van der Waals surface area contributed by atoms with Gasteiger partial charge in [0.05, 0.1) is 12.9 Å². The monoisotopic (exact) mass is 257 g/mol. The van der Waals surface area contributed by atoms with Crippen molar-refractivity contribution in [1.82, 2.24) is 5.32 Å². The second-order valence-electron chi connectivity index (χ2n) is 3.62. The molecule has 0 radical (unpaired) electrons. The third-order valence-electron chi connectivity index (χ3n) is 2.09. The fourth-order valence-electron chi connectivity index (χ4n) is 1.22. The Morgan fingerprint density at radius 3 is 2.71 bits per heavy atom. The lowest BCUT2D eigenvalue weighted by molar-refractivity contribution is 0.0956. The van der Waals surface area contributed by atoms with Crippen LogP contribution in [0, 0.1) is 0 Å². The van der Waals surface area contributed by atoms with Crippen molar-refractivity contribution in [2.24, 2.45) is 0 Å². The fourth-order valence-corrected chi connectivity index (χ4v) is 1.69. The molecule has 0 saturated carbocycles. The van der Waals surface area contributed by atoms with Crippen LogP contribution in [0.3, 0.4) is 0 Å². The molecular formula is C11H15NO4S. The van der Waals surface area contributed by atoms with E-state index in [-0.39, 0.29) is 18.2 Å². The van der Waals surface area contributed by atoms with Gasteiger partial charge in [-0.05, 0) is 18.2 Å². The van der Waals surface area contributed by atoms with Crippen LogP contribution in [0.1, 0.15) is 10.4 Å². The van der Waals surface area contributed by atoms with Gasteiger partial charge in [0, 0.05) is 18.4 Å². The highest BCUT2D eigenvalue weighted by Crippen LogP contribution is 2.12. The van der Waals surface area contributed by atoms with E-state index in [1.54, 1.807) is 24.3 Å². The number of hydrogen-bond acceptors (Lipinski definition) is 4. The Balaban J connectivity index is 2.58. The summed E-state index contributed by atoms with van der Waals surface area (Å²) in [4.78, 5) is 11.6. The Hall–Kier alpha value is -1.56. The molecule has 0 fully saturated rings. The van der Waals surface area contributed by atoms with Gasteiger partial charge in [-0.25, -0.2) is 8.42 Å². The predicted octanol–water partition coefficient (Wildman–Crippen LogP) is 0.470. The first-order chi connectivity index (χ1) is 7.92. The first kappa shape index (κ1) is 13.5. The summed E-state index contributed by atoms with van der Waals surface area (Å²) in [6.45, 7) is 0.106. The second kappa shape index (κ2) is 5.67. The van der Waals surface area contributed by atoms with Gasteiger partial charge in [-0.1, -0.05) is 6.07 Å². The van der Waals surface area contributed by atoms with E-state index in [1.807, 2.05) is 0 Å². The summed E-state index contributed by atoms with van der Waals surface area (Å²) in [5.41, 5.74) is 0.442. The van der Waals surface area contributed by atoms with Gasteiger partial charge in [-0.2, -0.15) is 0 Å². The van der Waals surface area contributed by atoms with Gasteiger partial charge >= 0.3 is 0 Å². The van der Waals surface area contributed by atoms with Gasteiger partial charge in [-0.3, -0.25) is 4.79 Å². The van der Waals surface area contributed by atoms with E-state index in [9.17, 15) is 13.2 Å². The van der Waals surface area contributed by atoms with Crippen LogP contribution >= 0.6 is 0 Å². The SMILES string of the molecule is COc1cccc(C(=O)NCCS(C)(=O)=O)c1. The molecule has 1 aromatic carbocycles. The molecule has 0 heterocycles. The quantitative estimate of drug-likeness (QED) is 0.832. The normalized spacial score (nSPS) is 10.9. The molecule has 0 aromatic heterocycles. The molecule has 0 bridgehead atoms. The van der Waals surface area contributed by atoms with Crippen LogP contribution in [-0.4, -0.2) is 40.0 Å². The van der Waals surface area contributed by atoms with Crippen molar-refractivity contribution < 1.29 is 17.9 Å². The van der Waals surface area contributed by atoms with Crippen molar-refractivity contribution in [2.75, 3.05) is 25.7 Å². The molecule has 17 heavy (non-hydrogen) atoms. The van der Waals surface area contributed by atoms with E-state index in [2.05, 4.69) is 5.32 Å². The first-order valence-corrected chi connectivity index (χ1v) is 7.08. The smallest absolute Gasteiger partial charge is 0.251 e. The van der Waals surface area contributed by atoms with E-state index in [0.29, 0.717) is 11.3 Å². The number of ether oxygens (including phenoxy) is 1. The van der Waals surface area contributed by atoms with Crippen LogP contribution in [0.5, 0.6) is 5.75 Å². The van der Waals surface area contributed by atoms with Crippen molar-refractivity contribution in [2.45, 2.75) is 0 Å². The second-order valence-corrected chi connectivity index (χ2v) is 5.88. The average molecular weight is 257 g/mol. The maximum absolute atomic E-state index is 11.6. The van der Waals surface area contributed by atoms with E-state index >= 15 is 0 Å². The molecule has 0 atom stereocenters. The van der Waals surface area contributed by atoms with Crippen molar-refractivity contribution in [3.63, 3.8) is 0 Å².